The normalized spacial score (nSPS) is 11.7. The molecular weight excluding hydrogens is 319 g/mol. The van der Waals surface area contributed by atoms with Crippen LogP contribution in [0, 0.1) is 6.92 Å². The van der Waals surface area contributed by atoms with Crippen LogP contribution in [0.15, 0.2) is 48.8 Å². The van der Waals surface area contributed by atoms with Crippen molar-refractivity contribution in [1.29, 1.82) is 0 Å². The van der Waals surface area contributed by atoms with Crippen molar-refractivity contribution in [2.45, 2.75) is 19.5 Å². The molecule has 0 saturated carbocycles. The van der Waals surface area contributed by atoms with E-state index in [1.807, 2.05) is 23.5 Å². The van der Waals surface area contributed by atoms with Crippen molar-refractivity contribution >= 4 is 17.2 Å². The van der Waals surface area contributed by atoms with Crippen molar-refractivity contribution in [2.75, 3.05) is 5.32 Å². The SMILES string of the molecule is Cc1ccc2nccn2c1CC(=O)Nc1ccc(C(F)(F)F)cc1. The molecule has 1 amide bonds. The van der Waals surface area contributed by atoms with Gasteiger partial charge in [0.1, 0.15) is 5.65 Å². The Hall–Kier alpha value is -2.83. The van der Waals surface area contributed by atoms with Gasteiger partial charge in [0, 0.05) is 23.8 Å². The summed E-state index contributed by atoms with van der Waals surface area (Å²) in [5.41, 5.74) is 2.03. The Labute approximate surface area is 135 Å². The molecule has 7 heteroatoms. The number of halogens is 3. The van der Waals surface area contributed by atoms with E-state index in [-0.39, 0.29) is 12.3 Å². The molecular formula is C17H14F3N3O. The monoisotopic (exact) mass is 333 g/mol. The van der Waals surface area contributed by atoms with Gasteiger partial charge in [0.25, 0.3) is 0 Å². The van der Waals surface area contributed by atoms with E-state index >= 15 is 0 Å². The molecule has 4 nitrogen and oxygen atoms in total. The topological polar surface area (TPSA) is 46.4 Å². The van der Waals surface area contributed by atoms with Gasteiger partial charge in [-0.2, -0.15) is 13.2 Å². The van der Waals surface area contributed by atoms with Gasteiger partial charge in [0.05, 0.1) is 12.0 Å². The molecule has 124 valence electrons. The number of carbonyl (C=O) groups is 1. The number of benzene rings is 1. The number of pyridine rings is 1. The highest BCUT2D eigenvalue weighted by Gasteiger charge is 2.30. The molecule has 2 heterocycles. The maximum atomic E-state index is 12.5. The zero-order valence-electron chi connectivity index (χ0n) is 12.8. The Morgan fingerprint density at radius 1 is 1.17 bits per heavy atom. The third kappa shape index (κ3) is 3.24. The van der Waals surface area contributed by atoms with Gasteiger partial charge in [0.2, 0.25) is 5.91 Å². The third-order valence-electron chi connectivity index (χ3n) is 3.72. The summed E-state index contributed by atoms with van der Waals surface area (Å²) >= 11 is 0. The molecule has 0 radical (unpaired) electrons. The minimum atomic E-state index is -4.39. The van der Waals surface area contributed by atoms with Gasteiger partial charge >= 0.3 is 6.18 Å². The maximum Gasteiger partial charge on any atom is 0.416 e. The fourth-order valence-corrected chi connectivity index (χ4v) is 2.48. The quantitative estimate of drug-likeness (QED) is 0.791. The molecule has 1 N–H and O–H groups in total. The minimum Gasteiger partial charge on any atom is -0.326 e. The standard InChI is InChI=1S/C17H14F3N3O/c1-11-2-7-15-21-8-9-23(15)14(11)10-16(24)22-13-5-3-12(4-6-13)17(18,19)20/h2-9H,10H2,1H3,(H,22,24). The zero-order chi connectivity index (χ0) is 17.3. The summed E-state index contributed by atoms with van der Waals surface area (Å²) in [6, 6.07) is 8.10. The second-order valence-electron chi connectivity index (χ2n) is 5.42. The lowest BCUT2D eigenvalue weighted by Crippen LogP contribution is -2.17. The number of carbonyl (C=O) groups excluding carboxylic acids is 1. The van der Waals surface area contributed by atoms with Gasteiger partial charge in [0.15, 0.2) is 0 Å². The highest BCUT2D eigenvalue weighted by molar-refractivity contribution is 5.92. The van der Waals surface area contributed by atoms with Crippen LogP contribution < -0.4 is 5.32 Å². The minimum absolute atomic E-state index is 0.0978. The molecule has 3 aromatic rings. The van der Waals surface area contributed by atoms with Gasteiger partial charge in [-0.1, -0.05) is 6.07 Å². The van der Waals surface area contributed by atoms with E-state index in [0.717, 1.165) is 29.0 Å². The number of anilines is 1. The summed E-state index contributed by atoms with van der Waals surface area (Å²) < 4.78 is 39.4. The van der Waals surface area contributed by atoms with Crippen LogP contribution in [0.4, 0.5) is 18.9 Å². The van der Waals surface area contributed by atoms with Gasteiger partial charge in [-0.15, -0.1) is 0 Å². The predicted molar refractivity (Wildman–Crippen MR) is 83.7 cm³/mol. The molecule has 0 bridgehead atoms. The number of alkyl halides is 3. The lowest BCUT2D eigenvalue weighted by atomic mass is 10.1. The first-order valence-corrected chi connectivity index (χ1v) is 7.23. The number of nitrogens with one attached hydrogen (secondary N) is 1. The number of rotatable bonds is 3. The van der Waals surface area contributed by atoms with Crippen molar-refractivity contribution < 1.29 is 18.0 Å². The third-order valence-corrected chi connectivity index (χ3v) is 3.72. The number of hydrogen-bond acceptors (Lipinski definition) is 2. The molecule has 0 aliphatic heterocycles. The molecule has 2 aromatic heterocycles. The molecule has 0 aliphatic rings. The van der Waals surface area contributed by atoms with E-state index in [4.69, 9.17) is 0 Å². The van der Waals surface area contributed by atoms with Gasteiger partial charge in [-0.25, -0.2) is 4.98 Å². The molecule has 3 rings (SSSR count). The number of fused-ring (bicyclic) bond motifs is 1. The van der Waals surface area contributed by atoms with Crippen LogP contribution in [0.2, 0.25) is 0 Å². The van der Waals surface area contributed by atoms with Crippen molar-refractivity contribution in [3.05, 3.63) is 65.6 Å². The van der Waals surface area contributed by atoms with E-state index < -0.39 is 11.7 Å². The molecule has 0 atom stereocenters. The van der Waals surface area contributed by atoms with Crippen LogP contribution in [0.3, 0.4) is 0 Å². The lowest BCUT2D eigenvalue weighted by molar-refractivity contribution is -0.137. The fraction of sp³-hybridized carbons (Fsp3) is 0.176. The smallest absolute Gasteiger partial charge is 0.326 e. The maximum absolute atomic E-state index is 12.5. The Kier molecular flexibility index (Phi) is 4.01. The van der Waals surface area contributed by atoms with Crippen LogP contribution in [-0.2, 0) is 17.4 Å². The van der Waals surface area contributed by atoms with Crippen LogP contribution in [0.5, 0.6) is 0 Å². The second kappa shape index (κ2) is 5.99. The highest BCUT2D eigenvalue weighted by atomic mass is 19.4. The number of nitrogens with zero attached hydrogens (tertiary/aromatic N) is 2. The first-order valence-electron chi connectivity index (χ1n) is 7.23. The summed E-state index contributed by atoms with van der Waals surface area (Å²) in [4.78, 5) is 16.4. The summed E-state index contributed by atoms with van der Waals surface area (Å²) in [6.07, 6.45) is -0.883. The predicted octanol–water partition coefficient (Wildman–Crippen LogP) is 3.84. The largest absolute Gasteiger partial charge is 0.416 e. The highest BCUT2D eigenvalue weighted by Crippen LogP contribution is 2.29. The van der Waals surface area contributed by atoms with E-state index in [1.165, 1.54) is 12.1 Å². The Balaban J connectivity index is 1.76. The molecule has 0 aliphatic carbocycles. The van der Waals surface area contributed by atoms with E-state index in [0.29, 0.717) is 5.69 Å². The Morgan fingerprint density at radius 3 is 2.54 bits per heavy atom. The van der Waals surface area contributed by atoms with Gasteiger partial charge in [-0.3, -0.25) is 4.79 Å². The van der Waals surface area contributed by atoms with Gasteiger partial charge < -0.3 is 9.72 Å². The summed E-state index contributed by atoms with van der Waals surface area (Å²) in [7, 11) is 0. The fourth-order valence-electron chi connectivity index (χ4n) is 2.48. The molecule has 0 spiro atoms. The molecule has 24 heavy (non-hydrogen) atoms. The summed E-state index contributed by atoms with van der Waals surface area (Å²) in [5, 5.41) is 2.61. The number of amides is 1. The lowest BCUT2D eigenvalue weighted by Gasteiger charge is -2.11. The number of aryl methyl sites for hydroxylation is 1. The van der Waals surface area contributed by atoms with Crippen LogP contribution in [-0.4, -0.2) is 15.3 Å². The van der Waals surface area contributed by atoms with Gasteiger partial charge in [-0.05, 0) is 42.8 Å². The first-order chi connectivity index (χ1) is 11.3. The number of imidazole rings is 1. The Bertz CT molecular complexity index is 882. The number of hydrogen-bond donors (Lipinski definition) is 1. The van der Waals surface area contributed by atoms with E-state index in [2.05, 4.69) is 10.3 Å². The molecule has 1 aromatic carbocycles. The molecule has 0 unspecified atom stereocenters. The van der Waals surface area contributed by atoms with Crippen molar-refractivity contribution in [1.82, 2.24) is 9.38 Å². The Morgan fingerprint density at radius 2 is 1.88 bits per heavy atom. The van der Waals surface area contributed by atoms with Crippen molar-refractivity contribution in [3.8, 4) is 0 Å². The molecule has 0 fully saturated rings. The first kappa shape index (κ1) is 16.0. The average molecular weight is 333 g/mol. The van der Waals surface area contributed by atoms with E-state index in [1.54, 1.807) is 12.4 Å². The average Bonchev–Trinajstić information content (AvgIpc) is 2.98. The zero-order valence-corrected chi connectivity index (χ0v) is 12.8. The van der Waals surface area contributed by atoms with Crippen LogP contribution in [0.1, 0.15) is 16.8 Å². The van der Waals surface area contributed by atoms with Crippen molar-refractivity contribution in [3.63, 3.8) is 0 Å². The summed E-state index contributed by atoms with van der Waals surface area (Å²) in [6.45, 7) is 1.89. The van der Waals surface area contributed by atoms with Crippen LogP contribution in [0.25, 0.3) is 5.65 Å². The number of aromatic nitrogens is 2. The second-order valence-corrected chi connectivity index (χ2v) is 5.42. The molecule has 0 saturated heterocycles. The summed E-state index contributed by atoms with van der Waals surface area (Å²) in [5.74, 6) is -0.306. The van der Waals surface area contributed by atoms with E-state index in [9.17, 15) is 18.0 Å². The van der Waals surface area contributed by atoms with Crippen molar-refractivity contribution in [2.24, 2.45) is 0 Å². The van der Waals surface area contributed by atoms with Crippen LogP contribution >= 0.6 is 0 Å².